The normalized spacial score (nSPS) is 10.1. The monoisotopic (exact) mass is 277 g/mol. The summed E-state index contributed by atoms with van der Waals surface area (Å²) in [7, 11) is 0. The van der Waals surface area contributed by atoms with Crippen LogP contribution in [-0.2, 0) is 6.42 Å². The molecule has 0 amide bonds. The van der Waals surface area contributed by atoms with Gasteiger partial charge in [-0.25, -0.2) is 4.98 Å². The van der Waals surface area contributed by atoms with Crippen molar-refractivity contribution in [1.29, 1.82) is 5.26 Å². The fraction of sp³-hybridized carbons (Fsp3) is 0.0769. The summed E-state index contributed by atoms with van der Waals surface area (Å²) in [5.41, 5.74) is 8.03. The molecule has 0 aliphatic rings. The van der Waals surface area contributed by atoms with E-state index in [1.165, 1.54) is 0 Å². The highest BCUT2D eigenvalue weighted by Crippen LogP contribution is 2.37. The minimum absolute atomic E-state index is 0.241. The summed E-state index contributed by atoms with van der Waals surface area (Å²) in [6, 6.07) is 9.14. The molecule has 1 aromatic carbocycles. The molecule has 0 fully saturated rings. The number of nitrogens with zero attached hydrogens (tertiary/aromatic N) is 2. The summed E-state index contributed by atoms with van der Waals surface area (Å²) < 4.78 is 0. The van der Waals surface area contributed by atoms with Gasteiger partial charge in [-0.1, -0.05) is 35.3 Å². The third kappa shape index (κ3) is 2.26. The predicted molar refractivity (Wildman–Crippen MR) is 73.4 cm³/mol. The highest BCUT2D eigenvalue weighted by atomic mass is 35.5. The van der Waals surface area contributed by atoms with E-state index in [0.717, 1.165) is 5.56 Å². The fourth-order valence-electron chi connectivity index (χ4n) is 1.76. The van der Waals surface area contributed by atoms with Crippen LogP contribution in [0.15, 0.2) is 30.5 Å². The molecule has 0 aliphatic heterocycles. The van der Waals surface area contributed by atoms with Crippen LogP contribution in [0.5, 0.6) is 0 Å². The number of nitriles is 1. The molecule has 0 saturated heterocycles. The molecule has 2 rings (SSSR count). The van der Waals surface area contributed by atoms with Gasteiger partial charge in [-0.15, -0.1) is 0 Å². The van der Waals surface area contributed by atoms with Gasteiger partial charge >= 0.3 is 0 Å². The Hall–Kier alpha value is -1.76. The molecular formula is C13H9Cl2N3. The second-order valence-electron chi connectivity index (χ2n) is 3.67. The van der Waals surface area contributed by atoms with Gasteiger partial charge in [-0.3, -0.25) is 0 Å². The zero-order valence-corrected chi connectivity index (χ0v) is 10.8. The van der Waals surface area contributed by atoms with E-state index in [1.807, 2.05) is 6.07 Å². The minimum atomic E-state index is 0.241. The number of pyridine rings is 1. The molecule has 1 aromatic heterocycles. The number of hydrogen-bond acceptors (Lipinski definition) is 3. The van der Waals surface area contributed by atoms with Crippen molar-refractivity contribution in [3.63, 3.8) is 0 Å². The number of hydrogen-bond donors (Lipinski definition) is 1. The molecule has 0 bridgehead atoms. The van der Waals surface area contributed by atoms with Crippen LogP contribution in [0.3, 0.4) is 0 Å². The predicted octanol–water partition coefficient (Wildman–Crippen LogP) is 3.70. The summed E-state index contributed by atoms with van der Waals surface area (Å²) in [6.45, 7) is 0. The topological polar surface area (TPSA) is 62.7 Å². The largest absolute Gasteiger partial charge is 0.383 e. The number of aromatic nitrogens is 1. The number of nitrogen functional groups attached to an aromatic ring is 1. The highest BCUT2D eigenvalue weighted by Gasteiger charge is 2.14. The summed E-state index contributed by atoms with van der Waals surface area (Å²) in [4.78, 5) is 4.04. The molecule has 18 heavy (non-hydrogen) atoms. The zero-order chi connectivity index (χ0) is 13.1. The summed E-state index contributed by atoms with van der Waals surface area (Å²) in [5, 5.41) is 9.70. The maximum absolute atomic E-state index is 8.84. The van der Waals surface area contributed by atoms with Crippen molar-refractivity contribution in [3.8, 4) is 17.2 Å². The molecule has 2 aromatic rings. The lowest BCUT2D eigenvalue weighted by Crippen LogP contribution is -1.99. The Kier molecular flexibility index (Phi) is 3.71. The Balaban J connectivity index is 2.71. The standard InChI is InChI=1S/C13H9Cl2N3/c14-10-3-1-2-9(12(10)15)11-8(4-6-16)5-7-18-13(11)17/h1-3,5,7H,4H2,(H2,17,18). The van der Waals surface area contributed by atoms with E-state index in [4.69, 9.17) is 34.2 Å². The first-order chi connectivity index (χ1) is 8.65. The maximum Gasteiger partial charge on any atom is 0.131 e. The Labute approximate surface area is 115 Å². The Morgan fingerprint density at radius 2 is 2.06 bits per heavy atom. The van der Waals surface area contributed by atoms with Gasteiger partial charge in [-0.2, -0.15) is 5.26 Å². The molecule has 5 heteroatoms. The Bertz CT molecular complexity index is 633. The maximum atomic E-state index is 8.84. The number of nitrogens with two attached hydrogens (primary N) is 1. The van der Waals surface area contributed by atoms with Gasteiger partial charge < -0.3 is 5.73 Å². The van der Waals surface area contributed by atoms with Gasteiger partial charge in [-0.05, 0) is 17.7 Å². The van der Waals surface area contributed by atoms with Crippen molar-refractivity contribution in [2.24, 2.45) is 0 Å². The van der Waals surface area contributed by atoms with E-state index in [2.05, 4.69) is 11.1 Å². The van der Waals surface area contributed by atoms with Gasteiger partial charge in [0.15, 0.2) is 0 Å². The van der Waals surface area contributed by atoms with Crippen LogP contribution in [0, 0.1) is 11.3 Å². The van der Waals surface area contributed by atoms with Crippen LogP contribution < -0.4 is 5.73 Å². The van der Waals surface area contributed by atoms with Crippen LogP contribution in [-0.4, -0.2) is 4.98 Å². The van der Waals surface area contributed by atoms with Crippen LogP contribution in [0.2, 0.25) is 10.0 Å². The van der Waals surface area contributed by atoms with Crippen molar-refractivity contribution < 1.29 is 0 Å². The molecular weight excluding hydrogens is 269 g/mol. The smallest absolute Gasteiger partial charge is 0.131 e. The summed E-state index contributed by atoms with van der Waals surface area (Å²) >= 11 is 12.2. The van der Waals surface area contributed by atoms with E-state index >= 15 is 0 Å². The van der Waals surface area contributed by atoms with Crippen LogP contribution in [0.4, 0.5) is 5.82 Å². The molecule has 0 unspecified atom stereocenters. The molecule has 0 atom stereocenters. The zero-order valence-electron chi connectivity index (χ0n) is 9.32. The van der Waals surface area contributed by atoms with E-state index in [-0.39, 0.29) is 6.42 Å². The van der Waals surface area contributed by atoms with Gasteiger partial charge in [0.25, 0.3) is 0 Å². The first-order valence-electron chi connectivity index (χ1n) is 5.20. The van der Waals surface area contributed by atoms with Crippen LogP contribution in [0.1, 0.15) is 5.56 Å². The average Bonchev–Trinajstić information content (AvgIpc) is 2.34. The second-order valence-corrected chi connectivity index (χ2v) is 4.45. The Morgan fingerprint density at radius 3 is 2.78 bits per heavy atom. The fourth-order valence-corrected chi connectivity index (χ4v) is 2.16. The van der Waals surface area contributed by atoms with Crippen molar-refractivity contribution in [1.82, 2.24) is 4.98 Å². The second kappa shape index (κ2) is 5.26. The molecule has 0 radical (unpaired) electrons. The molecule has 1 heterocycles. The van der Waals surface area contributed by atoms with Crippen molar-refractivity contribution >= 4 is 29.0 Å². The minimum Gasteiger partial charge on any atom is -0.383 e. The van der Waals surface area contributed by atoms with Gasteiger partial charge in [0.2, 0.25) is 0 Å². The summed E-state index contributed by atoms with van der Waals surface area (Å²) in [6.07, 6.45) is 1.81. The molecule has 0 saturated carbocycles. The van der Waals surface area contributed by atoms with Gasteiger partial charge in [0.1, 0.15) is 5.82 Å². The lowest BCUT2D eigenvalue weighted by molar-refractivity contribution is 1.22. The van der Waals surface area contributed by atoms with Crippen molar-refractivity contribution in [3.05, 3.63) is 46.1 Å². The molecule has 2 N–H and O–H groups in total. The lowest BCUT2D eigenvalue weighted by Gasteiger charge is -2.11. The molecule has 0 aliphatic carbocycles. The lowest BCUT2D eigenvalue weighted by atomic mass is 9.99. The SMILES string of the molecule is N#CCc1ccnc(N)c1-c1cccc(Cl)c1Cl. The van der Waals surface area contributed by atoms with Crippen LogP contribution in [0.25, 0.3) is 11.1 Å². The van der Waals surface area contributed by atoms with E-state index in [9.17, 15) is 0 Å². The third-order valence-electron chi connectivity index (χ3n) is 2.56. The van der Waals surface area contributed by atoms with Crippen LogP contribution >= 0.6 is 23.2 Å². The number of rotatable bonds is 2. The highest BCUT2D eigenvalue weighted by molar-refractivity contribution is 6.43. The van der Waals surface area contributed by atoms with E-state index < -0.39 is 0 Å². The summed E-state index contributed by atoms with van der Waals surface area (Å²) in [5.74, 6) is 0.340. The molecule has 90 valence electrons. The van der Waals surface area contributed by atoms with Crippen molar-refractivity contribution in [2.75, 3.05) is 5.73 Å². The van der Waals surface area contributed by atoms with Gasteiger partial charge in [0, 0.05) is 17.3 Å². The van der Waals surface area contributed by atoms with Crippen molar-refractivity contribution in [2.45, 2.75) is 6.42 Å². The molecule has 3 nitrogen and oxygen atoms in total. The number of halogens is 2. The quantitative estimate of drug-likeness (QED) is 0.910. The third-order valence-corrected chi connectivity index (χ3v) is 3.38. The Morgan fingerprint density at radius 1 is 1.28 bits per heavy atom. The van der Waals surface area contributed by atoms with E-state index in [0.29, 0.717) is 27.0 Å². The van der Waals surface area contributed by atoms with E-state index in [1.54, 1.807) is 24.4 Å². The van der Waals surface area contributed by atoms with Gasteiger partial charge in [0.05, 0.1) is 22.5 Å². The first-order valence-corrected chi connectivity index (χ1v) is 5.95. The molecule has 0 spiro atoms. The number of benzene rings is 1. The first kappa shape index (κ1) is 12.7. The average molecular weight is 278 g/mol. The number of anilines is 1.